The number of nitrogens with zero attached hydrogens (tertiary/aromatic N) is 3. The van der Waals surface area contributed by atoms with Crippen molar-refractivity contribution in [1.29, 1.82) is 0 Å². The molecule has 0 atom stereocenters. The van der Waals surface area contributed by atoms with Crippen molar-refractivity contribution >= 4 is 33.1 Å². The third kappa shape index (κ3) is 3.42. The molecule has 0 fully saturated rings. The summed E-state index contributed by atoms with van der Waals surface area (Å²) in [6.07, 6.45) is 2.49. The van der Waals surface area contributed by atoms with E-state index in [9.17, 15) is 4.79 Å². The summed E-state index contributed by atoms with van der Waals surface area (Å²) < 4.78 is 2.94. The summed E-state index contributed by atoms with van der Waals surface area (Å²) in [5.74, 6) is 0.0557. The number of carbonyl (C=O) groups excluding carboxylic acids is 1. The second-order valence-corrected chi connectivity index (χ2v) is 6.68. The van der Waals surface area contributed by atoms with Crippen LogP contribution in [0, 0.1) is 13.8 Å². The van der Waals surface area contributed by atoms with Crippen LogP contribution in [0.25, 0.3) is 15.3 Å². The summed E-state index contributed by atoms with van der Waals surface area (Å²) in [6, 6.07) is 7.88. The maximum absolute atomic E-state index is 11.8. The second kappa shape index (κ2) is 6.50. The summed E-state index contributed by atoms with van der Waals surface area (Å²) in [6.45, 7) is 6.07. The second-order valence-electron chi connectivity index (χ2n) is 5.67. The number of aromatic nitrogens is 3. The lowest BCUT2D eigenvalue weighted by atomic mass is 10.2. The van der Waals surface area contributed by atoms with Crippen LogP contribution in [0.5, 0.6) is 0 Å². The number of thiazole rings is 1. The number of fused-ring (bicyclic) bond motifs is 1. The van der Waals surface area contributed by atoms with Crippen LogP contribution in [0.15, 0.2) is 24.3 Å². The van der Waals surface area contributed by atoms with E-state index in [4.69, 9.17) is 0 Å². The first-order valence-corrected chi connectivity index (χ1v) is 8.62. The van der Waals surface area contributed by atoms with E-state index in [1.165, 1.54) is 0 Å². The van der Waals surface area contributed by atoms with Gasteiger partial charge in [-0.3, -0.25) is 4.79 Å². The molecule has 2 heterocycles. The van der Waals surface area contributed by atoms with E-state index in [1.54, 1.807) is 11.3 Å². The van der Waals surface area contributed by atoms with Gasteiger partial charge >= 0.3 is 0 Å². The summed E-state index contributed by atoms with van der Waals surface area (Å²) in [5, 5.41) is 8.26. The smallest absolute Gasteiger partial charge is 0.224 e. The zero-order chi connectivity index (χ0) is 16.4. The molecule has 3 rings (SSSR count). The number of anilines is 1. The Balaban J connectivity index is 1.86. The molecule has 0 spiro atoms. The fraction of sp³-hybridized carbons (Fsp3) is 0.353. The van der Waals surface area contributed by atoms with Gasteiger partial charge in [0, 0.05) is 17.8 Å². The zero-order valence-corrected chi connectivity index (χ0v) is 14.4. The van der Waals surface area contributed by atoms with Crippen LogP contribution in [-0.2, 0) is 4.79 Å². The zero-order valence-electron chi connectivity index (χ0n) is 13.6. The Bertz CT molecular complexity index is 850. The molecule has 0 saturated carbocycles. The lowest BCUT2D eigenvalue weighted by molar-refractivity contribution is -0.116. The predicted octanol–water partition coefficient (Wildman–Crippen LogP) is 4.23. The Hall–Kier alpha value is -2.21. The number of unbranched alkanes of at least 4 members (excludes halogenated alkanes) is 1. The van der Waals surface area contributed by atoms with Crippen LogP contribution in [-0.4, -0.2) is 20.7 Å². The molecule has 5 nitrogen and oxygen atoms in total. The third-order valence-electron chi connectivity index (χ3n) is 3.61. The largest absolute Gasteiger partial charge is 0.326 e. The van der Waals surface area contributed by atoms with Crippen LogP contribution in [0.4, 0.5) is 5.69 Å². The van der Waals surface area contributed by atoms with E-state index in [-0.39, 0.29) is 5.91 Å². The number of rotatable bonds is 5. The molecule has 0 bridgehead atoms. The van der Waals surface area contributed by atoms with Gasteiger partial charge in [-0.25, -0.2) is 9.67 Å². The monoisotopic (exact) mass is 328 g/mol. The van der Waals surface area contributed by atoms with Crippen molar-refractivity contribution in [1.82, 2.24) is 14.8 Å². The van der Waals surface area contributed by atoms with E-state index in [0.29, 0.717) is 6.42 Å². The highest BCUT2D eigenvalue weighted by Crippen LogP contribution is 2.28. The summed E-state index contributed by atoms with van der Waals surface area (Å²) in [4.78, 5) is 16.5. The third-order valence-corrected chi connectivity index (χ3v) is 4.62. The van der Waals surface area contributed by atoms with Crippen molar-refractivity contribution < 1.29 is 4.79 Å². The number of aryl methyl sites for hydroxylation is 2. The lowest BCUT2D eigenvalue weighted by Gasteiger charge is -2.04. The minimum Gasteiger partial charge on any atom is -0.326 e. The molecule has 23 heavy (non-hydrogen) atoms. The van der Waals surface area contributed by atoms with Crippen LogP contribution in [0.3, 0.4) is 0 Å². The fourth-order valence-corrected chi connectivity index (χ4v) is 3.42. The first-order valence-electron chi connectivity index (χ1n) is 7.81. The molecule has 1 amide bonds. The van der Waals surface area contributed by atoms with E-state index in [1.807, 2.05) is 42.8 Å². The fourth-order valence-electron chi connectivity index (χ4n) is 2.47. The van der Waals surface area contributed by atoms with E-state index >= 15 is 0 Å². The molecule has 3 aromatic rings. The molecule has 0 aliphatic heterocycles. The standard InChI is InChI=1S/C17H20N4OS/c1-4-5-6-16(22)18-13-7-8-15-14(10-13)19-17(23-15)21-12(3)9-11(2)20-21/h7-10H,4-6H2,1-3H3,(H,18,22). The summed E-state index contributed by atoms with van der Waals surface area (Å²) >= 11 is 1.60. The minimum atomic E-state index is 0.0557. The molecular weight excluding hydrogens is 308 g/mol. The van der Waals surface area contributed by atoms with E-state index in [2.05, 4.69) is 22.3 Å². The van der Waals surface area contributed by atoms with Crippen molar-refractivity contribution in [2.24, 2.45) is 0 Å². The quantitative estimate of drug-likeness (QED) is 0.762. The normalized spacial score (nSPS) is 11.1. The highest BCUT2D eigenvalue weighted by molar-refractivity contribution is 7.20. The molecule has 1 aromatic carbocycles. The number of nitrogens with one attached hydrogen (secondary N) is 1. The van der Waals surface area contributed by atoms with Crippen LogP contribution in [0.1, 0.15) is 37.6 Å². The highest BCUT2D eigenvalue weighted by atomic mass is 32.1. The molecule has 0 saturated heterocycles. The van der Waals surface area contributed by atoms with Gasteiger partial charge in [0.25, 0.3) is 0 Å². The average Bonchev–Trinajstić information content (AvgIpc) is 3.07. The number of hydrogen-bond donors (Lipinski definition) is 1. The molecule has 6 heteroatoms. The van der Waals surface area contributed by atoms with Gasteiger partial charge in [-0.05, 0) is 44.5 Å². The van der Waals surface area contributed by atoms with Gasteiger partial charge in [-0.2, -0.15) is 5.10 Å². The molecule has 0 aliphatic rings. The topological polar surface area (TPSA) is 59.8 Å². The summed E-state index contributed by atoms with van der Waals surface area (Å²) in [7, 11) is 0. The van der Waals surface area contributed by atoms with Gasteiger partial charge in [-0.1, -0.05) is 24.7 Å². The number of carbonyl (C=O) groups is 1. The Morgan fingerprint density at radius 2 is 2.13 bits per heavy atom. The number of amides is 1. The van der Waals surface area contributed by atoms with E-state index < -0.39 is 0 Å². The van der Waals surface area contributed by atoms with Gasteiger partial charge in [0.05, 0.1) is 15.9 Å². The van der Waals surface area contributed by atoms with E-state index in [0.717, 1.165) is 45.3 Å². The van der Waals surface area contributed by atoms with Crippen molar-refractivity contribution in [3.63, 3.8) is 0 Å². The van der Waals surface area contributed by atoms with Crippen molar-refractivity contribution in [2.75, 3.05) is 5.32 Å². The molecular formula is C17H20N4OS. The van der Waals surface area contributed by atoms with Crippen LogP contribution in [0.2, 0.25) is 0 Å². The first kappa shape index (κ1) is 15.7. The number of benzene rings is 1. The predicted molar refractivity (Wildman–Crippen MR) is 94.4 cm³/mol. The van der Waals surface area contributed by atoms with Crippen molar-refractivity contribution in [2.45, 2.75) is 40.0 Å². The molecule has 1 N–H and O–H groups in total. The van der Waals surface area contributed by atoms with Gasteiger partial charge in [0.15, 0.2) is 0 Å². The summed E-state index contributed by atoms with van der Waals surface area (Å²) in [5.41, 5.74) is 3.72. The maximum Gasteiger partial charge on any atom is 0.224 e. The van der Waals surface area contributed by atoms with Gasteiger partial charge in [0.1, 0.15) is 0 Å². The van der Waals surface area contributed by atoms with Gasteiger partial charge < -0.3 is 5.32 Å². The maximum atomic E-state index is 11.8. The van der Waals surface area contributed by atoms with Crippen LogP contribution < -0.4 is 5.32 Å². The highest BCUT2D eigenvalue weighted by Gasteiger charge is 2.11. The molecule has 0 radical (unpaired) electrons. The van der Waals surface area contributed by atoms with Crippen molar-refractivity contribution in [3.05, 3.63) is 35.7 Å². The molecule has 2 aromatic heterocycles. The number of hydrogen-bond acceptors (Lipinski definition) is 4. The Morgan fingerprint density at radius 3 is 2.83 bits per heavy atom. The Morgan fingerprint density at radius 1 is 1.30 bits per heavy atom. The first-order chi connectivity index (χ1) is 11.1. The minimum absolute atomic E-state index is 0.0557. The molecule has 0 unspecified atom stereocenters. The van der Waals surface area contributed by atoms with Crippen LogP contribution >= 0.6 is 11.3 Å². The Kier molecular flexibility index (Phi) is 4.43. The Labute approximate surface area is 139 Å². The average molecular weight is 328 g/mol. The van der Waals surface area contributed by atoms with Gasteiger partial charge in [0.2, 0.25) is 11.0 Å². The van der Waals surface area contributed by atoms with Crippen molar-refractivity contribution in [3.8, 4) is 5.13 Å². The van der Waals surface area contributed by atoms with Gasteiger partial charge in [-0.15, -0.1) is 0 Å². The molecule has 0 aliphatic carbocycles. The lowest BCUT2D eigenvalue weighted by Crippen LogP contribution is -2.10. The molecule has 120 valence electrons. The SMILES string of the molecule is CCCCC(=O)Nc1ccc2sc(-n3nc(C)cc3C)nc2c1.